The number of hydrogen-bond donors (Lipinski definition) is 1. The molecular formula is C15H31N3. The Morgan fingerprint density at radius 2 is 1.78 bits per heavy atom. The Bertz CT molecular complexity index is 236. The molecule has 2 saturated heterocycles. The molecule has 2 unspecified atom stereocenters. The van der Waals surface area contributed by atoms with Crippen LogP contribution in [0.5, 0.6) is 0 Å². The van der Waals surface area contributed by atoms with E-state index in [0.717, 1.165) is 18.5 Å². The highest BCUT2D eigenvalue weighted by atomic mass is 15.2. The third-order valence-corrected chi connectivity index (χ3v) is 5.19. The van der Waals surface area contributed by atoms with Crippen LogP contribution in [0, 0.1) is 5.92 Å². The Morgan fingerprint density at radius 3 is 2.33 bits per heavy atom. The van der Waals surface area contributed by atoms with Crippen LogP contribution in [0.4, 0.5) is 0 Å². The summed E-state index contributed by atoms with van der Waals surface area (Å²) in [5.74, 6) is 0.922. The third-order valence-electron chi connectivity index (χ3n) is 5.19. The molecule has 0 aliphatic carbocycles. The van der Waals surface area contributed by atoms with Crippen molar-refractivity contribution in [2.45, 2.75) is 58.0 Å². The van der Waals surface area contributed by atoms with Gasteiger partial charge in [0.15, 0.2) is 0 Å². The Kier molecular flexibility index (Phi) is 5.46. The zero-order valence-electron chi connectivity index (χ0n) is 12.3. The van der Waals surface area contributed by atoms with Crippen LogP contribution in [0.1, 0.15) is 46.0 Å². The van der Waals surface area contributed by atoms with Crippen molar-refractivity contribution >= 4 is 0 Å². The monoisotopic (exact) mass is 253 g/mol. The maximum Gasteiger partial charge on any atom is 0.0224 e. The zero-order valence-corrected chi connectivity index (χ0v) is 12.3. The van der Waals surface area contributed by atoms with E-state index in [1.54, 1.807) is 0 Å². The lowest BCUT2D eigenvalue weighted by Crippen LogP contribution is -2.54. The first-order chi connectivity index (χ1) is 8.78. The second-order valence-corrected chi connectivity index (χ2v) is 6.09. The first-order valence-corrected chi connectivity index (χ1v) is 7.96. The van der Waals surface area contributed by atoms with E-state index in [1.165, 1.54) is 58.3 Å². The zero-order chi connectivity index (χ0) is 13.0. The van der Waals surface area contributed by atoms with Gasteiger partial charge in [0, 0.05) is 18.6 Å². The molecule has 106 valence electrons. The van der Waals surface area contributed by atoms with E-state index < -0.39 is 0 Å². The fourth-order valence-corrected chi connectivity index (χ4v) is 3.80. The van der Waals surface area contributed by atoms with E-state index in [9.17, 15) is 0 Å². The van der Waals surface area contributed by atoms with Gasteiger partial charge in [0.05, 0.1) is 0 Å². The summed E-state index contributed by atoms with van der Waals surface area (Å²) >= 11 is 0. The van der Waals surface area contributed by atoms with Gasteiger partial charge in [0.2, 0.25) is 0 Å². The molecule has 0 aromatic carbocycles. The summed E-state index contributed by atoms with van der Waals surface area (Å²) < 4.78 is 0. The summed E-state index contributed by atoms with van der Waals surface area (Å²) in [4.78, 5) is 5.33. The molecule has 0 saturated carbocycles. The Labute approximate surface area is 113 Å². The highest BCUT2D eigenvalue weighted by Crippen LogP contribution is 2.29. The molecule has 2 aliphatic rings. The van der Waals surface area contributed by atoms with Crippen LogP contribution in [0.2, 0.25) is 0 Å². The van der Waals surface area contributed by atoms with Crippen LogP contribution >= 0.6 is 0 Å². The van der Waals surface area contributed by atoms with Gasteiger partial charge in [0.25, 0.3) is 0 Å². The highest BCUT2D eigenvalue weighted by molar-refractivity contribution is 4.89. The average Bonchev–Trinajstić information content (AvgIpc) is 2.46. The molecule has 2 heterocycles. The van der Waals surface area contributed by atoms with Crippen molar-refractivity contribution in [3.8, 4) is 0 Å². The van der Waals surface area contributed by atoms with E-state index in [1.807, 2.05) is 0 Å². The second-order valence-electron chi connectivity index (χ2n) is 6.09. The van der Waals surface area contributed by atoms with Crippen molar-refractivity contribution in [1.29, 1.82) is 0 Å². The van der Waals surface area contributed by atoms with Crippen LogP contribution < -0.4 is 5.73 Å². The van der Waals surface area contributed by atoms with Crippen molar-refractivity contribution in [3.05, 3.63) is 0 Å². The van der Waals surface area contributed by atoms with E-state index in [2.05, 4.69) is 23.6 Å². The van der Waals surface area contributed by atoms with Crippen molar-refractivity contribution in [2.24, 2.45) is 11.7 Å². The van der Waals surface area contributed by atoms with Crippen LogP contribution in [0.25, 0.3) is 0 Å². The maximum absolute atomic E-state index is 6.02. The molecule has 2 atom stereocenters. The smallest absolute Gasteiger partial charge is 0.0224 e. The highest BCUT2D eigenvalue weighted by Gasteiger charge is 2.32. The molecule has 0 bridgehead atoms. The lowest BCUT2D eigenvalue weighted by molar-refractivity contribution is 0.0365. The van der Waals surface area contributed by atoms with E-state index >= 15 is 0 Å². The van der Waals surface area contributed by atoms with Crippen molar-refractivity contribution in [1.82, 2.24) is 9.80 Å². The summed E-state index contributed by atoms with van der Waals surface area (Å²) in [7, 11) is 0. The molecule has 3 nitrogen and oxygen atoms in total. The quantitative estimate of drug-likeness (QED) is 0.831. The van der Waals surface area contributed by atoms with Gasteiger partial charge in [-0.1, -0.05) is 20.3 Å². The second kappa shape index (κ2) is 6.88. The first-order valence-electron chi connectivity index (χ1n) is 7.96. The van der Waals surface area contributed by atoms with E-state index in [-0.39, 0.29) is 0 Å². The Morgan fingerprint density at radius 1 is 1.06 bits per heavy atom. The molecule has 0 spiro atoms. The van der Waals surface area contributed by atoms with Crippen molar-refractivity contribution in [3.63, 3.8) is 0 Å². The maximum atomic E-state index is 6.02. The van der Waals surface area contributed by atoms with Gasteiger partial charge < -0.3 is 10.6 Å². The van der Waals surface area contributed by atoms with Crippen LogP contribution in [-0.4, -0.2) is 54.6 Å². The number of rotatable bonds is 4. The fourth-order valence-electron chi connectivity index (χ4n) is 3.80. The molecule has 2 fully saturated rings. The summed E-state index contributed by atoms with van der Waals surface area (Å²) in [6, 6.07) is 1.46. The van der Waals surface area contributed by atoms with E-state index in [4.69, 9.17) is 5.73 Å². The molecule has 0 amide bonds. The summed E-state index contributed by atoms with van der Waals surface area (Å²) in [5, 5.41) is 0. The standard InChI is InChI=1S/C15H31N3/c1-3-13-5-10-18(15(11-13)12-16)14-6-8-17(4-2)9-7-14/h13-15H,3-12,16H2,1-2H3. The minimum absolute atomic E-state index is 0.655. The lowest BCUT2D eigenvalue weighted by Gasteiger charge is -2.46. The number of hydrogen-bond acceptors (Lipinski definition) is 3. The predicted molar refractivity (Wildman–Crippen MR) is 77.7 cm³/mol. The van der Waals surface area contributed by atoms with Gasteiger partial charge in [-0.15, -0.1) is 0 Å². The fraction of sp³-hybridized carbons (Fsp3) is 1.00. The van der Waals surface area contributed by atoms with E-state index in [0.29, 0.717) is 6.04 Å². The summed E-state index contributed by atoms with van der Waals surface area (Å²) in [5.41, 5.74) is 6.02. The Hall–Kier alpha value is -0.120. The van der Waals surface area contributed by atoms with Gasteiger partial charge in [-0.2, -0.15) is 0 Å². The van der Waals surface area contributed by atoms with Gasteiger partial charge >= 0.3 is 0 Å². The molecule has 0 radical (unpaired) electrons. The minimum atomic E-state index is 0.655. The normalized spacial score (nSPS) is 32.8. The topological polar surface area (TPSA) is 32.5 Å². The number of piperidine rings is 2. The van der Waals surface area contributed by atoms with Gasteiger partial charge in [-0.25, -0.2) is 0 Å². The lowest BCUT2D eigenvalue weighted by atomic mass is 9.86. The molecule has 0 aromatic rings. The van der Waals surface area contributed by atoms with Gasteiger partial charge in [0.1, 0.15) is 0 Å². The molecule has 0 aromatic heterocycles. The molecule has 2 rings (SSSR count). The van der Waals surface area contributed by atoms with Gasteiger partial charge in [-0.3, -0.25) is 4.90 Å². The van der Waals surface area contributed by atoms with Crippen LogP contribution in [0.15, 0.2) is 0 Å². The molecule has 2 N–H and O–H groups in total. The van der Waals surface area contributed by atoms with Crippen LogP contribution in [-0.2, 0) is 0 Å². The molecule has 3 heteroatoms. The number of likely N-dealkylation sites (tertiary alicyclic amines) is 2. The first kappa shape index (κ1) is 14.3. The van der Waals surface area contributed by atoms with Crippen molar-refractivity contribution in [2.75, 3.05) is 32.7 Å². The summed E-state index contributed by atoms with van der Waals surface area (Å²) in [6.07, 6.45) is 6.75. The third kappa shape index (κ3) is 3.25. The molecule has 2 aliphatic heterocycles. The SMILES string of the molecule is CCC1CCN(C2CCN(CC)CC2)C(CN)C1. The molecular weight excluding hydrogens is 222 g/mol. The minimum Gasteiger partial charge on any atom is -0.329 e. The van der Waals surface area contributed by atoms with Crippen molar-refractivity contribution < 1.29 is 0 Å². The van der Waals surface area contributed by atoms with Gasteiger partial charge in [-0.05, 0) is 57.8 Å². The summed E-state index contributed by atoms with van der Waals surface area (Å²) in [6.45, 7) is 10.5. The molecule has 18 heavy (non-hydrogen) atoms. The average molecular weight is 253 g/mol. The number of nitrogens with zero attached hydrogens (tertiary/aromatic N) is 2. The predicted octanol–water partition coefficient (Wildman–Crippen LogP) is 1.92. The van der Waals surface area contributed by atoms with Crippen LogP contribution in [0.3, 0.4) is 0 Å². The largest absolute Gasteiger partial charge is 0.329 e. The number of nitrogens with two attached hydrogens (primary N) is 1. The Balaban J connectivity index is 1.88.